The number of amides is 1. The first-order valence-electron chi connectivity index (χ1n) is 7.92. The highest BCUT2D eigenvalue weighted by atomic mass is 35.5. The Labute approximate surface area is 117 Å². The second kappa shape index (κ2) is 4.13. The van der Waals surface area contributed by atoms with Crippen molar-refractivity contribution in [1.29, 1.82) is 0 Å². The van der Waals surface area contributed by atoms with Crippen molar-refractivity contribution in [2.45, 2.75) is 32.6 Å². The van der Waals surface area contributed by atoms with Crippen LogP contribution in [0.2, 0.25) is 5.02 Å². The first kappa shape index (κ1) is 8.00. The Morgan fingerprint density at radius 2 is 2.50 bits per heavy atom. The standard InChI is InChI=1S/C15H16ClNO/c1-8-5-9(16)6-13-10-3-2-4-11(15(17)18)14(10)7-12(8)13/h5-6,11H,2-4,7H2,1H3,(H2,17,18)/i4D2,6D,11D. The molecule has 3 rings (SSSR count). The van der Waals surface area contributed by atoms with Gasteiger partial charge >= 0.3 is 0 Å². The van der Waals surface area contributed by atoms with E-state index in [0.29, 0.717) is 28.2 Å². The minimum absolute atomic E-state index is 0.0305. The zero-order valence-electron chi connectivity index (χ0n) is 14.1. The molecule has 0 spiro atoms. The third-order valence-electron chi connectivity index (χ3n) is 3.61. The number of hydrogen-bond acceptors (Lipinski definition) is 1. The van der Waals surface area contributed by atoms with Crippen LogP contribution in [-0.4, -0.2) is 5.91 Å². The number of carbonyl (C=O) groups is 1. The van der Waals surface area contributed by atoms with Gasteiger partial charge in [0.2, 0.25) is 5.91 Å². The lowest BCUT2D eigenvalue weighted by atomic mass is 9.82. The number of allylic oxidation sites excluding steroid dienone is 1. The zero-order valence-corrected chi connectivity index (χ0v) is 10.8. The van der Waals surface area contributed by atoms with Crippen molar-refractivity contribution in [3.05, 3.63) is 39.4 Å². The first-order valence-corrected chi connectivity index (χ1v) is 6.30. The van der Waals surface area contributed by atoms with Crippen LogP contribution in [-0.2, 0) is 11.2 Å². The van der Waals surface area contributed by atoms with Gasteiger partial charge in [-0.2, -0.15) is 0 Å². The number of rotatable bonds is 1. The van der Waals surface area contributed by atoms with Crippen LogP contribution in [0.15, 0.2) is 17.7 Å². The van der Waals surface area contributed by atoms with Gasteiger partial charge < -0.3 is 5.73 Å². The number of primary amides is 1. The van der Waals surface area contributed by atoms with Crippen molar-refractivity contribution in [2.24, 2.45) is 11.6 Å². The second-order valence-corrected chi connectivity index (χ2v) is 5.11. The minimum atomic E-state index is -2.09. The van der Waals surface area contributed by atoms with E-state index in [1.807, 2.05) is 6.92 Å². The molecule has 0 bridgehead atoms. The van der Waals surface area contributed by atoms with Crippen LogP contribution < -0.4 is 5.73 Å². The Morgan fingerprint density at radius 3 is 3.22 bits per heavy atom. The molecule has 0 heterocycles. The van der Waals surface area contributed by atoms with Gasteiger partial charge in [0.1, 0.15) is 0 Å². The monoisotopic (exact) mass is 265 g/mol. The van der Waals surface area contributed by atoms with Crippen LogP contribution in [0.4, 0.5) is 0 Å². The van der Waals surface area contributed by atoms with E-state index in [1.165, 1.54) is 0 Å². The Morgan fingerprint density at radius 1 is 1.72 bits per heavy atom. The molecule has 1 atom stereocenters. The molecule has 94 valence electrons. The number of halogens is 1. The van der Waals surface area contributed by atoms with Crippen molar-refractivity contribution in [2.75, 3.05) is 0 Å². The fraction of sp³-hybridized carbons (Fsp3) is 0.400. The average molecular weight is 266 g/mol. The van der Waals surface area contributed by atoms with E-state index >= 15 is 0 Å². The molecule has 0 aromatic heterocycles. The predicted octanol–water partition coefficient (Wildman–Crippen LogP) is 3.24. The van der Waals surface area contributed by atoms with Crippen molar-refractivity contribution in [3.63, 3.8) is 0 Å². The fourth-order valence-electron chi connectivity index (χ4n) is 2.80. The molecule has 0 saturated carbocycles. The van der Waals surface area contributed by atoms with Crippen molar-refractivity contribution in [3.8, 4) is 0 Å². The quantitative estimate of drug-likeness (QED) is 0.832. The van der Waals surface area contributed by atoms with Crippen molar-refractivity contribution < 1.29 is 10.3 Å². The van der Waals surface area contributed by atoms with Gasteiger partial charge in [-0.05, 0) is 72.5 Å². The highest BCUT2D eigenvalue weighted by Crippen LogP contribution is 2.45. The summed E-state index contributed by atoms with van der Waals surface area (Å²) < 4.78 is 32.8. The summed E-state index contributed by atoms with van der Waals surface area (Å²) in [6.07, 6.45) is -1.32. The van der Waals surface area contributed by atoms with Gasteiger partial charge in [0, 0.05) is 9.13 Å². The topological polar surface area (TPSA) is 43.1 Å². The van der Waals surface area contributed by atoms with Crippen molar-refractivity contribution in [1.82, 2.24) is 0 Å². The number of hydrogen-bond donors (Lipinski definition) is 1. The summed E-state index contributed by atoms with van der Waals surface area (Å²) in [7, 11) is 0. The maximum Gasteiger partial charge on any atom is 0.224 e. The number of benzene rings is 1. The molecule has 2 aliphatic rings. The highest BCUT2D eigenvalue weighted by molar-refractivity contribution is 6.30. The van der Waals surface area contributed by atoms with Gasteiger partial charge in [-0.15, -0.1) is 0 Å². The summed E-state index contributed by atoms with van der Waals surface area (Å²) in [5.74, 6) is -3.07. The van der Waals surface area contributed by atoms with E-state index in [9.17, 15) is 4.79 Å². The summed E-state index contributed by atoms with van der Waals surface area (Å²) in [4.78, 5) is 11.9. The Balaban J connectivity index is 2.29. The maximum atomic E-state index is 11.9. The molecule has 0 radical (unpaired) electrons. The molecule has 0 aliphatic heterocycles. The third kappa shape index (κ3) is 1.67. The van der Waals surface area contributed by atoms with E-state index < -0.39 is 18.2 Å². The number of aryl methyl sites for hydroxylation is 1. The Bertz CT molecular complexity index is 744. The van der Waals surface area contributed by atoms with E-state index in [1.54, 1.807) is 6.07 Å². The molecule has 1 unspecified atom stereocenters. The van der Waals surface area contributed by atoms with Crippen LogP contribution in [0.25, 0.3) is 5.57 Å². The summed E-state index contributed by atoms with van der Waals surface area (Å²) in [5, 5.41) is 0.327. The Kier molecular flexibility index (Phi) is 1.84. The molecule has 0 fully saturated rings. The first-order chi connectivity index (χ1) is 10.1. The molecule has 0 saturated heterocycles. The normalized spacial score (nSPS) is 31.9. The molecule has 1 aromatic carbocycles. The molecule has 2 N–H and O–H groups in total. The van der Waals surface area contributed by atoms with Crippen LogP contribution in [0.1, 0.15) is 41.4 Å². The van der Waals surface area contributed by atoms with E-state index in [0.717, 1.165) is 11.1 Å². The van der Waals surface area contributed by atoms with Crippen LogP contribution in [0.5, 0.6) is 0 Å². The molecular weight excluding hydrogens is 246 g/mol. The Hall–Kier alpha value is -1.28. The largest absolute Gasteiger partial charge is 0.369 e. The van der Waals surface area contributed by atoms with Gasteiger partial charge in [0.25, 0.3) is 0 Å². The zero-order chi connectivity index (χ0) is 16.4. The number of carbonyl (C=O) groups excluding carboxylic acids is 1. The smallest absolute Gasteiger partial charge is 0.224 e. The molecule has 2 aliphatic carbocycles. The predicted molar refractivity (Wildman–Crippen MR) is 73.3 cm³/mol. The summed E-state index contributed by atoms with van der Waals surface area (Å²) >= 11 is 6.10. The van der Waals surface area contributed by atoms with Crippen LogP contribution in [0, 0.1) is 12.8 Å². The van der Waals surface area contributed by atoms with Crippen molar-refractivity contribution >= 4 is 23.1 Å². The van der Waals surface area contributed by atoms with E-state index in [-0.39, 0.29) is 18.9 Å². The van der Waals surface area contributed by atoms with Gasteiger partial charge in [-0.3, -0.25) is 4.79 Å². The number of fused-ring (bicyclic) bond motifs is 2. The molecular formula is C15H16ClNO. The fourth-order valence-corrected chi connectivity index (χ4v) is 3.05. The molecule has 18 heavy (non-hydrogen) atoms. The number of nitrogens with two attached hydrogens (primary N) is 1. The van der Waals surface area contributed by atoms with Crippen LogP contribution >= 0.6 is 11.6 Å². The lowest BCUT2D eigenvalue weighted by Gasteiger charge is -2.22. The lowest BCUT2D eigenvalue weighted by Crippen LogP contribution is -2.27. The van der Waals surface area contributed by atoms with Gasteiger partial charge in [0.05, 0.1) is 7.26 Å². The lowest BCUT2D eigenvalue weighted by molar-refractivity contribution is -0.121. The minimum Gasteiger partial charge on any atom is -0.369 e. The summed E-state index contributed by atoms with van der Waals surface area (Å²) in [6.45, 7) is 1.87. The second-order valence-electron chi connectivity index (χ2n) is 4.70. The molecule has 1 amide bonds. The van der Waals surface area contributed by atoms with E-state index in [2.05, 4.69) is 0 Å². The SMILES string of the molecule is [2H]c1c(Cl)cc(C)c2c1C1=C(C2)C([2H])(C(N)=O)C([2H])([2H])CC1. The average Bonchev–Trinajstić information content (AvgIpc) is 2.81. The maximum absolute atomic E-state index is 11.9. The molecule has 3 heteroatoms. The van der Waals surface area contributed by atoms with Gasteiger partial charge in [-0.1, -0.05) is 11.6 Å². The van der Waals surface area contributed by atoms with Gasteiger partial charge in [0.15, 0.2) is 0 Å². The molecule has 1 aromatic rings. The van der Waals surface area contributed by atoms with Crippen LogP contribution in [0.3, 0.4) is 0 Å². The van der Waals surface area contributed by atoms with Gasteiger partial charge in [-0.25, -0.2) is 0 Å². The van der Waals surface area contributed by atoms with E-state index in [4.69, 9.17) is 22.8 Å². The molecule has 2 nitrogen and oxygen atoms in total. The third-order valence-corrected chi connectivity index (χ3v) is 3.81. The highest BCUT2D eigenvalue weighted by Gasteiger charge is 2.33. The summed E-state index contributed by atoms with van der Waals surface area (Å²) in [6, 6.07) is 1.88. The summed E-state index contributed by atoms with van der Waals surface area (Å²) in [5.41, 5.74) is 8.90.